The molecule has 4 heteroatoms. The van der Waals surface area contributed by atoms with Gasteiger partial charge in [-0.2, -0.15) is 5.10 Å². The fraction of sp³-hybridized carbons (Fsp3) is 0.364. The van der Waals surface area contributed by atoms with Crippen molar-refractivity contribution in [3.63, 3.8) is 0 Å². The van der Waals surface area contributed by atoms with E-state index in [9.17, 15) is 5.11 Å². The van der Waals surface area contributed by atoms with Crippen molar-refractivity contribution in [2.24, 2.45) is 10.9 Å². The Morgan fingerprint density at radius 3 is 2.93 bits per heavy atom. The number of rotatable bonds is 1. The number of benzene rings is 1. The minimum Gasteiger partial charge on any atom is -0.496 e. The number of nitrogens with zero attached hydrogens (tertiary/aromatic N) is 1. The smallest absolute Gasteiger partial charge is 0.122 e. The van der Waals surface area contributed by atoms with Crippen molar-refractivity contribution in [2.75, 3.05) is 7.11 Å². The van der Waals surface area contributed by atoms with Crippen LogP contribution in [0.3, 0.4) is 0 Å². The Bertz CT molecular complexity index is 402. The molecule has 0 fully saturated rings. The van der Waals surface area contributed by atoms with Crippen LogP contribution in [0, 0.1) is 0 Å². The third-order valence-corrected chi connectivity index (χ3v) is 2.69. The van der Waals surface area contributed by atoms with Crippen molar-refractivity contribution in [2.45, 2.75) is 18.9 Å². The lowest BCUT2D eigenvalue weighted by Gasteiger charge is -2.23. The number of fused-ring (bicyclic) bond motifs is 1. The fourth-order valence-corrected chi connectivity index (χ4v) is 2.00. The number of aliphatic hydroxyl groups excluding tert-OH is 1. The SMILES string of the molecule is COc1cccc2c1CC(O)CC2=NN. The molecule has 0 heterocycles. The molecule has 0 saturated carbocycles. The second-order valence-corrected chi connectivity index (χ2v) is 3.62. The molecule has 1 atom stereocenters. The molecule has 1 aliphatic carbocycles. The second kappa shape index (κ2) is 3.90. The molecule has 3 N–H and O–H groups in total. The summed E-state index contributed by atoms with van der Waals surface area (Å²) in [4.78, 5) is 0. The van der Waals surface area contributed by atoms with Gasteiger partial charge in [-0.3, -0.25) is 0 Å². The normalized spacial score (nSPS) is 22.5. The van der Waals surface area contributed by atoms with Crippen LogP contribution >= 0.6 is 0 Å². The Kier molecular flexibility index (Phi) is 2.60. The quantitative estimate of drug-likeness (QED) is 0.524. The maximum absolute atomic E-state index is 9.69. The lowest BCUT2D eigenvalue weighted by atomic mass is 9.87. The van der Waals surface area contributed by atoms with Crippen LogP contribution < -0.4 is 10.6 Å². The van der Waals surface area contributed by atoms with E-state index in [1.165, 1.54) is 0 Å². The molecule has 1 aromatic rings. The van der Waals surface area contributed by atoms with E-state index in [1.54, 1.807) is 7.11 Å². The van der Waals surface area contributed by atoms with Crippen LogP contribution in [-0.2, 0) is 6.42 Å². The van der Waals surface area contributed by atoms with Crippen molar-refractivity contribution in [3.05, 3.63) is 29.3 Å². The standard InChI is InChI=1S/C11H14N2O2/c1-15-11-4-2-3-8-9(11)5-7(14)6-10(8)13-12/h2-4,7,14H,5-6,12H2,1H3. The van der Waals surface area contributed by atoms with Crippen LogP contribution in [-0.4, -0.2) is 24.0 Å². The van der Waals surface area contributed by atoms with E-state index in [0.29, 0.717) is 12.8 Å². The van der Waals surface area contributed by atoms with Gasteiger partial charge in [0.15, 0.2) is 0 Å². The summed E-state index contributed by atoms with van der Waals surface area (Å²) in [7, 11) is 1.62. The molecule has 2 rings (SSSR count). The predicted octanol–water partition coefficient (Wildman–Crippen LogP) is 0.665. The largest absolute Gasteiger partial charge is 0.496 e. The molecule has 4 nitrogen and oxygen atoms in total. The molecule has 0 bridgehead atoms. The van der Waals surface area contributed by atoms with Crippen LogP contribution in [0.4, 0.5) is 0 Å². The monoisotopic (exact) mass is 206 g/mol. The average Bonchev–Trinajstić information content (AvgIpc) is 2.27. The van der Waals surface area contributed by atoms with E-state index in [-0.39, 0.29) is 0 Å². The summed E-state index contributed by atoms with van der Waals surface area (Å²) in [5, 5.41) is 13.4. The second-order valence-electron chi connectivity index (χ2n) is 3.62. The Morgan fingerprint density at radius 2 is 2.27 bits per heavy atom. The molecule has 80 valence electrons. The number of ether oxygens (including phenoxy) is 1. The number of hydrazone groups is 1. The maximum Gasteiger partial charge on any atom is 0.122 e. The van der Waals surface area contributed by atoms with Gasteiger partial charge in [-0.25, -0.2) is 0 Å². The first-order valence-electron chi connectivity index (χ1n) is 4.87. The van der Waals surface area contributed by atoms with Crippen LogP contribution in [0.25, 0.3) is 0 Å². The van der Waals surface area contributed by atoms with Gasteiger partial charge >= 0.3 is 0 Å². The third kappa shape index (κ3) is 1.68. The zero-order valence-corrected chi connectivity index (χ0v) is 8.60. The summed E-state index contributed by atoms with van der Waals surface area (Å²) < 4.78 is 5.25. The first-order valence-corrected chi connectivity index (χ1v) is 4.87. The number of hydrogen-bond acceptors (Lipinski definition) is 4. The molecule has 1 aliphatic rings. The van der Waals surface area contributed by atoms with E-state index < -0.39 is 6.10 Å². The van der Waals surface area contributed by atoms with E-state index in [0.717, 1.165) is 22.6 Å². The lowest BCUT2D eigenvalue weighted by molar-refractivity contribution is 0.179. The minimum atomic E-state index is -0.420. The molecular formula is C11H14N2O2. The molecule has 1 unspecified atom stereocenters. The van der Waals surface area contributed by atoms with Crippen molar-refractivity contribution in [3.8, 4) is 5.75 Å². The van der Waals surface area contributed by atoms with Crippen LogP contribution in [0.5, 0.6) is 5.75 Å². The van der Waals surface area contributed by atoms with Gasteiger partial charge in [-0.1, -0.05) is 12.1 Å². The van der Waals surface area contributed by atoms with Gasteiger partial charge in [0, 0.05) is 24.0 Å². The Labute approximate surface area is 88.4 Å². The van der Waals surface area contributed by atoms with E-state index >= 15 is 0 Å². The molecule has 0 spiro atoms. The summed E-state index contributed by atoms with van der Waals surface area (Å²) >= 11 is 0. The molecule has 1 aromatic carbocycles. The Balaban J connectivity index is 2.55. The molecular weight excluding hydrogens is 192 g/mol. The van der Waals surface area contributed by atoms with Gasteiger partial charge < -0.3 is 15.7 Å². The van der Waals surface area contributed by atoms with Crippen molar-refractivity contribution < 1.29 is 9.84 Å². The molecule has 0 aromatic heterocycles. The van der Waals surface area contributed by atoms with Gasteiger partial charge in [0.1, 0.15) is 5.75 Å². The topological polar surface area (TPSA) is 67.8 Å². The van der Waals surface area contributed by atoms with Crippen LogP contribution in [0.15, 0.2) is 23.3 Å². The maximum atomic E-state index is 9.69. The highest BCUT2D eigenvalue weighted by atomic mass is 16.5. The summed E-state index contributed by atoms with van der Waals surface area (Å²) in [5.74, 6) is 6.09. The van der Waals surface area contributed by atoms with Crippen molar-refractivity contribution in [1.82, 2.24) is 0 Å². The fourth-order valence-electron chi connectivity index (χ4n) is 2.00. The summed E-state index contributed by atoms with van der Waals surface area (Å²) in [5.41, 5.74) is 2.72. The zero-order valence-electron chi connectivity index (χ0n) is 8.60. The van der Waals surface area contributed by atoms with E-state index in [1.807, 2.05) is 18.2 Å². The highest BCUT2D eigenvalue weighted by Crippen LogP contribution is 2.29. The average molecular weight is 206 g/mol. The predicted molar refractivity (Wildman–Crippen MR) is 58.0 cm³/mol. The molecule has 0 amide bonds. The molecule has 0 radical (unpaired) electrons. The molecule has 15 heavy (non-hydrogen) atoms. The Morgan fingerprint density at radius 1 is 1.47 bits per heavy atom. The van der Waals surface area contributed by atoms with Gasteiger partial charge in [-0.15, -0.1) is 0 Å². The lowest BCUT2D eigenvalue weighted by Crippen LogP contribution is -2.25. The van der Waals surface area contributed by atoms with Crippen molar-refractivity contribution >= 4 is 5.71 Å². The summed E-state index contributed by atoms with van der Waals surface area (Å²) in [6.45, 7) is 0. The van der Waals surface area contributed by atoms with Gasteiger partial charge in [0.2, 0.25) is 0 Å². The highest BCUT2D eigenvalue weighted by Gasteiger charge is 2.24. The van der Waals surface area contributed by atoms with Crippen LogP contribution in [0.2, 0.25) is 0 Å². The number of nitrogens with two attached hydrogens (primary N) is 1. The zero-order chi connectivity index (χ0) is 10.8. The summed E-state index contributed by atoms with van der Waals surface area (Å²) in [6.07, 6.45) is 0.686. The van der Waals surface area contributed by atoms with Crippen molar-refractivity contribution in [1.29, 1.82) is 0 Å². The summed E-state index contributed by atoms with van der Waals surface area (Å²) in [6, 6.07) is 5.74. The first-order chi connectivity index (χ1) is 7.26. The van der Waals surface area contributed by atoms with E-state index in [2.05, 4.69) is 5.10 Å². The molecule has 0 aliphatic heterocycles. The minimum absolute atomic E-state index is 0.420. The third-order valence-electron chi connectivity index (χ3n) is 2.69. The molecule has 0 saturated heterocycles. The van der Waals surface area contributed by atoms with Gasteiger partial charge in [0.05, 0.1) is 18.9 Å². The Hall–Kier alpha value is -1.55. The number of hydrogen-bond donors (Lipinski definition) is 2. The number of aliphatic hydroxyl groups is 1. The highest BCUT2D eigenvalue weighted by molar-refractivity contribution is 6.03. The number of methoxy groups -OCH3 is 1. The van der Waals surface area contributed by atoms with Crippen LogP contribution in [0.1, 0.15) is 17.5 Å². The first kappa shape index (κ1) is 9.98. The van der Waals surface area contributed by atoms with E-state index in [4.69, 9.17) is 10.6 Å². The van der Waals surface area contributed by atoms with Gasteiger partial charge in [-0.05, 0) is 6.07 Å². The van der Waals surface area contributed by atoms with Gasteiger partial charge in [0.25, 0.3) is 0 Å².